The Bertz CT molecular complexity index is 552. The van der Waals surface area contributed by atoms with E-state index in [1.165, 1.54) is 6.07 Å². The van der Waals surface area contributed by atoms with Gasteiger partial charge < -0.3 is 10.6 Å². The smallest absolute Gasteiger partial charge is 0.305 e. The van der Waals surface area contributed by atoms with Crippen molar-refractivity contribution in [1.82, 2.24) is 4.98 Å². The first kappa shape index (κ1) is 14.2. The van der Waals surface area contributed by atoms with Crippen LogP contribution in [0.25, 0.3) is 0 Å². The fourth-order valence-corrected chi connectivity index (χ4v) is 2.49. The summed E-state index contributed by atoms with van der Waals surface area (Å²) >= 11 is 0. The Morgan fingerprint density at radius 3 is 3.00 bits per heavy atom. The molecule has 0 aromatic carbocycles. The third-order valence-electron chi connectivity index (χ3n) is 3.69. The fourth-order valence-electron chi connectivity index (χ4n) is 2.49. The molecule has 0 spiro atoms. The van der Waals surface area contributed by atoms with Gasteiger partial charge in [0.25, 0.3) is 0 Å². The number of nitriles is 1. The zero-order valence-electron chi connectivity index (χ0n) is 11.3. The quantitative estimate of drug-likeness (QED) is 0.660. The van der Waals surface area contributed by atoms with Crippen LogP contribution in [0.2, 0.25) is 0 Å². The topological polar surface area (TPSA) is 109 Å². The summed E-state index contributed by atoms with van der Waals surface area (Å²) in [5.41, 5.74) is 5.54. The van der Waals surface area contributed by atoms with Gasteiger partial charge in [-0.05, 0) is 31.7 Å². The van der Waals surface area contributed by atoms with E-state index in [0.717, 1.165) is 25.9 Å². The van der Waals surface area contributed by atoms with Crippen LogP contribution in [0.1, 0.15) is 25.5 Å². The number of rotatable bonds is 3. The van der Waals surface area contributed by atoms with Gasteiger partial charge >= 0.3 is 5.69 Å². The molecule has 7 nitrogen and oxygen atoms in total. The molecule has 106 valence electrons. The highest BCUT2D eigenvalue weighted by atomic mass is 16.6. The van der Waals surface area contributed by atoms with E-state index in [9.17, 15) is 10.1 Å². The second-order valence-corrected chi connectivity index (χ2v) is 5.11. The third kappa shape index (κ3) is 2.86. The molecule has 2 unspecified atom stereocenters. The molecule has 1 aliphatic rings. The molecule has 20 heavy (non-hydrogen) atoms. The molecule has 2 N–H and O–H groups in total. The first-order chi connectivity index (χ1) is 9.52. The van der Waals surface area contributed by atoms with Crippen molar-refractivity contribution in [2.24, 2.45) is 11.7 Å². The maximum atomic E-state index is 10.8. The van der Waals surface area contributed by atoms with Crippen molar-refractivity contribution in [3.8, 4) is 6.07 Å². The van der Waals surface area contributed by atoms with Crippen LogP contribution in [0.4, 0.5) is 11.5 Å². The summed E-state index contributed by atoms with van der Waals surface area (Å²) in [5, 5.41) is 19.8. The Morgan fingerprint density at radius 1 is 1.65 bits per heavy atom. The summed E-state index contributed by atoms with van der Waals surface area (Å²) in [5.74, 6) is 0.990. The SMILES string of the molecule is CC(N)C1CCCN(c2ccc([N+](=O)[O-])c(C#N)n2)C1. The van der Waals surface area contributed by atoms with Gasteiger partial charge in [0.15, 0.2) is 0 Å². The molecule has 1 aromatic heterocycles. The van der Waals surface area contributed by atoms with Crippen molar-refractivity contribution in [3.05, 3.63) is 27.9 Å². The van der Waals surface area contributed by atoms with Gasteiger partial charge in [0.2, 0.25) is 5.69 Å². The minimum absolute atomic E-state index is 0.103. The number of hydrogen-bond donors (Lipinski definition) is 1. The van der Waals surface area contributed by atoms with Crippen molar-refractivity contribution in [2.45, 2.75) is 25.8 Å². The first-order valence-corrected chi connectivity index (χ1v) is 6.59. The van der Waals surface area contributed by atoms with E-state index in [4.69, 9.17) is 11.0 Å². The predicted molar refractivity (Wildman–Crippen MR) is 74.2 cm³/mol. The standard InChI is InChI=1S/C13H17N5O2/c1-9(15)10-3-2-6-17(8-10)13-5-4-12(18(19)20)11(7-14)16-13/h4-5,9-10H,2-3,6,8,15H2,1H3. The summed E-state index contributed by atoms with van der Waals surface area (Å²) in [6.07, 6.45) is 2.08. The highest BCUT2D eigenvalue weighted by Crippen LogP contribution is 2.26. The van der Waals surface area contributed by atoms with Gasteiger partial charge in [-0.25, -0.2) is 4.98 Å². The van der Waals surface area contributed by atoms with Crippen LogP contribution in [0.5, 0.6) is 0 Å². The number of aromatic nitrogens is 1. The lowest BCUT2D eigenvalue weighted by molar-refractivity contribution is -0.385. The monoisotopic (exact) mass is 275 g/mol. The van der Waals surface area contributed by atoms with Crippen molar-refractivity contribution >= 4 is 11.5 Å². The van der Waals surface area contributed by atoms with Crippen LogP contribution in [0, 0.1) is 27.4 Å². The van der Waals surface area contributed by atoms with Crippen LogP contribution in [-0.2, 0) is 0 Å². The Morgan fingerprint density at radius 2 is 2.40 bits per heavy atom. The lowest BCUT2D eigenvalue weighted by atomic mass is 9.92. The van der Waals surface area contributed by atoms with Crippen LogP contribution in [0.3, 0.4) is 0 Å². The predicted octanol–water partition coefficient (Wildman–Crippen LogP) is 1.43. The summed E-state index contributed by atoms with van der Waals surface area (Å²) in [6.45, 7) is 3.59. The molecule has 1 saturated heterocycles. The normalized spacial score (nSPS) is 20.2. The van der Waals surface area contributed by atoms with Gasteiger partial charge in [-0.2, -0.15) is 5.26 Å². The number of nitrogens with two attached hydrogens (primary N) is 1. The highest BCUT2D eigenvalue weighted by molar-refractivity contribution is 5.51. The summed E-state index contributed by atoms with van der Waals surface area (Å²) in [4.78, 5) is 16.4. The van der Waals surface area contributed by atoms with E-state index in [0.29, 0.717) is 11.7 Å². The molecule has 0 radical (unpaired) electrons. The minimum atomic E-state index is -0.587. The molecule has 1 aliphatic heterocycles. The van der Waals surface area contributed by atoms with Crippen molar-refractivity contribution in [2.75, 3.05) is 18.0 Å². The van der Waals surface area contributed by atoms with Gasteiger partial charge in [0.1, 0.15) is 11.9 Å². The molecule has 0 bridgehead atoms. The lowest BCUT2D eigenvalue weighted by Crippen LogP contribution is -2.42. The maximum absolute atomic E-state index is 10.8. The van der Waals surface area contributed by atoms with E-state index >= 15 is 0 Å². The van der Waals surface area contributed by atoms with Crippen LogP contribution in [0.15, 0.2) is 12.1 Å². The van der Waals surface area contributed by atoms with Crippen molar-refractivity contribution < 1.29 is 4.92 Å². The van der Waals surface area contributed by atoms with Crippen molar-refractivity contribution in [1.29, 1.82) is 5.26 Å². The average molecular weight is 275 g/mol. The number of nitrogens with zero attached hydrogens (tertiary/aromatic N) is 4. The minimum Gasteiger partial charge on any atom is -0.356 e. The number of anilines is 1. The first-order valence-electron chi connectivity index (χ1n) is 6.59. The number of piperidine rings is 1. The Balaban J connectivity index is 2.25. The zero-order chi connectivity index (χ0) is 14.7. The molecule has 0 amide bonds. The van der Waals surface area contributed by atoms with Gasteiger partial charge in [-0.1, -0.05) is 0 Å². The summed E-state index contributed by atoms with van der Waals surface area (Å²) < 4.78 is 0. The van der Waals surface area contributed by atoms with Crippen LogP contribution >= 0.6 is 0 Å². The highest BCUT2D eigenvalue weighted by Gasteiger charge is 2.25. The molecule has 0 aliphatic carbocycles. The maximum Gasteiger partial charge on any atom is 0.305 e. The zero-order valence-corrected chi connectivity index (χ0v) is 11.3. The summed E-state index contributed by atoms with van der Waals surface area (Å²) in [6, 6.07) is 4.83. The van der Waals surface area contributed by atoms with Crippen LogP contribution < -0.4 is 10.6 Å². The van der Waals surface area contributed by atoms with E-state index in [-0.39, 0.29) is 17.4 Å². The Hall–Kier alpha value is -2.20. The molecule has 2 rings (SSSR count). The number of hydrogen-bond acceptors (Lipinski definition) is 6. The van der Waals surface area contributed by atoms with Gasteiger partial charge in [-0.15, -0.1) is 0 Å². The molecule has 2 heterocycles. The second-order valence-electron chi connectivity index (χ2n) is 5.11. The molecule has 2 atom stereocenters. The lowest BCUT2D eigenvalue weighted by Gasteiger charge is -2.35. The number of nitro groups is 1. The fraction of sp³-hybridized carbons (Fsp3) is 0.538. The van der Waals surface area contributed by atoms with E-state index in [1.54, 1.807) is 12.1 Å². The van der Waals surface area contributed by atoms with Crippen LogP contribution in [-0.4, -0.2) is 29.0 Å². The molecule has 7 heteroatoms. The molecule has 0 saturated carbocycles. The molecule has 1 fully saturated rings. The van der Waals surface area contributed by atoms with Gasteiger partial charge in [0, 0.05) is 25.2 Å². The average Bonchev–Trinajstić information content (AvgIpc) is 2.46. The number of pyridine rings is 1. The van der Waals surface area contributed by atoms with Crippen molar-refractivity contribution in [3.63, 3.8) is 0 Å². The molecular weight excluding hydrogens is 258 g/mol. The van der Waals surface area contributed by atoms with E-state index in [1.807, 2.05) is 11.8 Å². The second kappa shape index (κ2) is 5.84. The van der Waals surface area contributed by atoms with E-state index < -0.39 is 4.92 Å². The largest absolute Gasteiger partial charge is 0.356 e. The Labute approximate surface area is 117 Å². The molecular formula is C13H17N5O2. The summed E-state index contributed by atoms with van der Waals surface area (Å²) in [7, 11) is 0. The van der Waals surface area contributed by atoms with Gasteiger partial charge in [0.05, 0.1) is 4.92 Å². The van der Waals surface area contributed by atoms with Gasteiger partial charge in [-0.3, -0.25) is 10.1 Å². The van der Waals surface area contributed by atoms with E-state index in [2.05, 4.69) is 4.98 Å². The Kier molecular flexibility index (Phi) is 4.15. The third-order valence-corrected chi connectivity index (χ3v) is 3.69. The molecule has 1 aromatic rings.